The lowest BCUT2D eigenvalue weighted by Crippen LogP contribution is -3.12. The summed E-state index contributed by atoms with van der Waals surface area (Å²) in [5.74, 6) is 1.60. The van der Waals surface area contributed by atoms with Gasteiger partial charge in [-0.1, -0.05) is 11.8 Å². The highest BCUT2D eigenvalue weighted by atomic mass is 32.2. The third kappa shape index (κ3) is 5.08. The van der Waals surface area contributed by atoms with E-state index in [1.807, 2.05) is 0 Å². The Bertz CT molecular complexity index is 762. The van der Waals surface area contributed by atoms with Crippen molar-refractivity contribution in [1.82, 2.24) is 14.8 Å². The van der Waals surface area contributed by atoms with Gasteiger partial charge in [0.1, 0.15) is 11.9 Å². The maximum Gasteiger partial charge on any atom is 0.196 e. The second kappa shape index (κ2) is 9.86. The number of thioether (sulfide) groups is 1. The van der Waals surface area contributed by atoms with Crippen molar-refractivity contribution in [3.8, 4) is 11.8 Å². The molecule has 0 amide bonds. The van der Waals surface area contributed by atoms with Crippen molar-refractivity contribution in [2.75, 3.05) is 18.8 Å². The molecule has 2 heterocycles. The van der Waals surface area contributed by atoms with E-state index in [4.69, 9.17) is 5.26 Å². The second-order valence-corrected chi connectivity index (χ2v) is 8.12. The van der Waals surface area contributed by atoms with Crippen LogP contribution in [0.25, 0.3) is 5.69 Å². The fraction of sp³-hybridized carbons (Fsp3) is 0.550. The predicted molar refractivity (Wildman–Crippen MR) is 104 cm³/mol. The van der Waals surface area contributed by atoms with Gasteiger partial charge in [-0.2, -0.15) is 5.26 Å². The molecule has 1 aromatic heterocycles. The lowest BCUT2D eigenvalue weighted by atomic mass is 10.1. The summed E-state index contributed by atoms with van der Waals surface area (Å²) >= 11 is 1.66. The standard InChI is InChI=1S/C20H26FN5S/c1-16(25-13-5-3-6-14-25)19-23-24-20(27-15-7-2-4-12-22)26(19)18-10-8-17(21)9-11-18/h8-11,16H,2-7,13-15H2,1H3/p+1/t16-/m0/s1. The number of aromatic nitrogens is 3. The van der Waals surface area contributed by atoms with Gasteiger partial charge in [-0.25, -0.2) is 4.39 Å². The van der Waals surface area contributed by atoms with Crippen molar-refractivity contribution in [3.63, 3.8) is 0 Å². The van der Waals surface area contributed by atoms with Crippen LogP contribution in [0.5, 0.6) is 0 Å². The zero-order valence-electron chi connectivity index (χ0n) is 15.8. The Hall–Kier alpha value is -1.91. The molecule has 1 aliphatic heterocycles. The van der Waals surface area contributed by atoms with Crippen LogP contribution >= 0.6 is 11.8 Å². The van der Waals surface area contributed by atoms with Gasteiger partial charge in [-0.05, 0) is 63.3 Å². The molecule has 1 aliphatic rings. The van der Waals surface area contributed by atoms with Crippen molar-refractivity contribution in [3.05, 3.63) is 35.9 Å². The SMILES string of the molecule is C[C@@H](c1nnc(SCCCCC#N)n1-c1ccc(F)cc1)[NH+]1CCCCC1. The molecular weight excluding hydrogens is 361 g/mol. The van der Waals surface area contributed by atoms with E-state index in [-0.39, 0.29) is 11.9 Å². The fourth-order valence-electron chi connectivity index (χ4n) is 3.58. The van der Waals surface area contributed by atoms with Gasteiger partial charge in [-0.15, -0.1) is 10.2 Å². The summed E-state index contributed by atoms with van der Waals surface area (Å²) in [6, 6.07) is 8.98. The summed E-state index contributed by atoms with van der Waals surface area (Å²) in [6.45, 7) is 4.54. The van der Waals surface area contributed by atoms with Gasteiger partial charge >= 0.3 is 0 Å². The van der Waals surface area contributed by atoms with Crippen molar-refractivity contribution in [2.24, 2.45) is 0 Å². The first-order valence-electron chi connectivity index (χ1n) is 9.76. The number of likely N-dealkylation sites (tertiary alicyclic amines) is 1. The molecule has 0 spiro atoms. The lowest BCUT2D eigenvalue weighted by Gasteiger charge is -2.29. The third-order valence-corrected chi connectivity index (χ3v) is 6.17. The van der Waals surface area contributed by atoms with Crippen LogP contribution in [0.4, 0.5) is 4.39 Å². The largest absolute Gasteiger partial charge is 0.326 e. The zero-order chi connectivity index (χ0) is 19.1. The average molecular weight is 389 g/mol. The summed E-state index contributed by atoms with van der Waals surface area (Å²) in [4.78, 5) is 1.54. The number of nitrogens with one attached hydrogen (secondary N) is 1. The monoisotopic (exact) mass is 388 g/mol. The topological polar surface area (TPSA) is 58.9 Å². The molecule has 1 saturated heterocycles. The van der Waals surface area contributed by atoms with Gasteiger partial charge in [0.25, 0.3) is 0 Å². The molecule has 0 aliphatic carbocycles. The average Bonchev–Trinajstić information content (AvgIpc) is 3.12. The Morgan fingerprint density at radius 1 is 1.19 bits per heavy atom. The number of nitrogens with zero attached hydrogens (tertiary/aromatic N) is 4. The highest BCUT2D eigenvalue weighted by molar-refractivity contribution is 7.99. The van der Waals surface area contributed by atoms with Crippen LogP contribution < -0.4 is 4.90 Å². The molecule has 0 radical (unpaired) electrons. The number of piperidine rings is 1. The number of nitriles is 1. The Morgan fingerprint density at radius 2 is 1.93 bits per heavy atom. The molecule has 1 fully saturated rings. The molecule has 2 aromatic rings. The van der Waals surface area contributed by atoms with Gasteiger partial charge in [-0.3, -0.25) is 4.57 Å². The molecule has 0 unspecified atom stereocenters. The van der Waals surface area contributed by atoms with Crippen molar-refractivity contribution in [1.29, 1.82) is 5.26 Å². The number of quaternary nitrogens is 1. The maximum atomic E-state index is 13.4. The molecule has 144 valence electrons. The first-order chi connectivity index (χ1) is 13.2. The van der Waals surface area contributed by atoms with E-state index in [2.05, 4.69) is 27.8 Å². The molecule has 1 atom stereocenters. The van der Waals surface area contributed by atoms with Crippen molar-refractivity contribution < 1.29 is 9.29 Å². The molecule has 0 saturated carbocycles. The smallest absolute Gasteiger partial charge is 0.196 e. The van der Waals surface area contributed by atoms with Crippen LogP contribution in [0.2, 0.25) is 0 Å². The Balaban J connectivity index is 1.83. The van der Waals surface area contributed by atoms with Crippen LogP contribution in [0.15, 0.2) is 29.4 Å². The van der Waals surface area contributed by atoms with Gasteiger partial charge < -0.3 is 4.90 Å². The summed E-state index contributed by atoms with van der Waals surface area (Å²) in [7, 11) is 0. The Morgan fingerprint density at radius 3 is 2.63 bits per heavy atom. The highest BCUT2D eigenvalue weighted by Gasteiger charge is 2.28. The lowest BCUT2D eigenvalue weighted by molar-refractivity contribution is -0.935. The molecule has 3 rings (SSSR count). The van der Waals surface area contributed by atoms with E-state index in [1.165, 1.54) is 31.4 Å². The van der Waals surface area contributed by atoms with Crippen LogP contribution in [-0.2, 0) is 0 Å². The first-order valence-corrected chi connectivity index (χ1v) is 10.7. The molecular formula is C20H27FN5S+. The molecule has 7 heteroatoms. The minimum absolute atomic E-state index is 0.242. The Kier molecular flexibility index (Phi) is 7.25. The molecule has 1 N–H and O–H groups in total. The number of unbranched alkanes of at least 4 members (excludes halogenated alkanes) is 2. The van der Waals surface area contributed by atoms with Gasteiger partial charge in [0.05, 0.1) is 19.2 Å². The predicted octanol–water partition coefficient (Wildman–Crippen LogP) is 3.32. The number of hydrogen-bond acceptors (Lipinski definition) is 4. The summed E-state index contributed by atoms with van der Waals surface area (Å²) in [5.41, 5.74) is 0.902. The zero-order valence-corrected chi connectivity index (χ0v) is 16.6. The normalized spacial score (nSPS) is 16.2. The minimum atomic E-state index is -0.242. The Labute approximate surface area is 164 Å². The fourth-order valence-corrected chi connectivity index (χ4v) is 4.54. The number of rotatable bonds is 8. The van der Waals surface area contributed by atoms with Crippen LogP contribution in [0.1, 0.15) is 57.3 Å². The number of benzene rings is 1. The van der Waals surface area contributed by atoms with E-state index in [0.29, 0.717) is 6.42 Å². The number of halogens is 1. The van der Waals surface area contributed by atoms with Crippen molar-refractivity contribution in [2.45, 2.75) is 56.6 Å². The minimum Gasteiger partial charge on any atom is -0.326 e. The van der Waals surface area contributed by atoms with Crippen molar-refractivity contribution >= 4 is 11.8 Å². The molecule has 0 bridgehead atoms. The van der Waals surface area contributed by atoms with E-state index >= 15 is 0 Å². The summed E-state index contributed by atoms with van der Waals surface area (Å²) < 4.78 is 15.5. The van der Waals surface area contributed by atoms with E-state index < -0.39 is 0 Å². The van der Waals surface area contributed by atoms with Gasteiger partial charge in [0.15, 0.2) is 11.0 Å². The molecule has 27 heavy (non-hydrogen) atoms. The van der Waals surface area contributed by atoms with Crippen LogP contribution in [0.3, 0.4) is 0 Å². The molecule has 1 aromatic carbocycles. The maximum absolute atomic E-state index is 13.4. The van der Waals surface area contributed by atoms with Gasteiger partial charge in [0.2, 0.25) is 0 Å². The quantitative estimate of drug-likeness (QED) is 0.557. The number of hydrogen-bond donors (Lipinski definition) is 1. The second-order valence-electron chi connectivity index (χ2n) is 7.06. The van der Waals surface area contributed by atoms with Crippen LogP contribution in [-0.4, -0.2) is 33.6 Å². The van der Waals surface area contributed by atoms with Gasteiger partial charge in [0, 0.05) is 17.9 Å². The van der Waals surface area contributed by atoms with E-state index in [0.717, 1.165) is 48.4 Å². The van der Waals surface area contributed by atoms with Crippen LogP contribution in [0, 0.1) is 17.1 Å². The molecule has 5 nitrogen and oxygen atoms in total. The summed E-state index contributed by atoms with van der Waals surface area (Å²) in [5, 5.41) is 18.5. The highest BCUT2D eigenvalue weighted by Crippen LogP contribution is 2.25. The summed E-state index contributed by atoms with van der Waals surface area (Å²) in [6.07, 6.45) is 6.28. The van der Waals surface area contributed by atoms with E-state index in [9.17, 15) is 4.39 Å². The third-order valence-electron chi connectivity index (χ3n) is 5.15. The first kappa shape index (κ1) is 19.8. The van der Waals surface area contributed by atoms with E-state index in [1.54, 1.807) is 28.8 Å².